The van der Waals surface area contributed by atoms with E-state index in [2.05, 4.69) is 17.4 Å². The number of rotatable bonds is 5. The van der Waals surface area contributed by atoms with Crippen molar-refractivity contribution in [1.82, 2.24) is 0 Å². The Kier molecular flexibility index (Phi) is 5.98. The van der Waals surface area contributed by atoms with Crippen molar-refractivity contribution in [2.75, 3.05) is 11.9 Å². The Morgan fingerprint density at radius 2 is 1.52 bits per heavy atom. The van der Waals surface area contributed by atoms with Gasteiger partial charge in [0.25, 0.3) is 0 Å². The number of benzene rings is 2. The molecular weight excluding hydrogens is 338 g/mol. The van der Waals surface area contributed by atoms with Gasteiger partial charge in [0.1, 0.15) is 17.6 Å². The smallest absolute Gasteiger partial charge is 0.112 e. The van der Waals surface area contributed by atoms with Crippen LogP contribution in [0.4, 0.5) is 5.69 Å². The molecule has 0 saturated carbocycles. The molecule has 0 radical (unpaired) electrons. The van der Waals surface area contributed by atoms with Crippen LogP contribution in [0.25, 0.3) is 0 Å². The lowest BCUT2D eigenvalue weighted by atomic mass is 10.0. The van der Waals surface area contributed by atoms with Crippen LogP contribution in [0.15, 0.2) is 54.6 Å². The molecule has 3 rings (SSSR count). The molecule has 25 heavy (non-hydrogen) atoms. The third kappa shape index (κ3) is 4.16. The number of thioether (sulfide) groups is 1. The van der Waals surface area contributed by atoms with Crippen LogP contribution in [0.5, 0.6) is 0 Å². The van der Waals surface area contributed by atoms with Crippen LogP contribution in [-0.2, 0) is 6.42 Å². The number of aliphatic hydroxyl groups excluding tert-OH is 4. The lowest BCUT2D eigenvalue weighted by molar-refractivity contribution is -0.0672. The molecule has 1 saturated heterocycles. The fourth-order valence-electron chi connectivity index (χ4n) is 3.01. The standard InChI is InChI=1S/C19H23NO4S/c21-11-15-16(22)17(23)18(24)19(25-15)20-14-9-5-4-8-13(14)10-12-6-2-1-3-7-12/h1-9,15-24H,10-11H2/t15-,16-,17+,18-,19-/m1/s1. The molecule has 0 bridgehead atoms. The highest BCUT2D eigenvalue weighted by Crippen LogP contribution is 2.34. The van der Waals surface area contributed by atoms with Crippen molar-refractivity contribution in [2.24, 2.45) is 0 Å². The van der Waals surface area contributed by atoms with Crippen molar-refractivity contribution in [3.63, 3.8) is 0 Å². The van der Waals surface area contributed by atoms with Crippen molar-refractivity contribution in [3.05, 3.63) is 65.7 Å². The second-order valence-electron chi connectivity index (χ2n) is 6.21. The van der Waals surface area contributed by atoms with E-state index in [0.717, 1.165) is 17.7 Å². The average Bonchev–Trinajstić information content (AvgIpc) is 2.64. The van der Waals surface area contributed by atoms with Gasteiger partial charge in [-0.05, 0) is 23.6 Å². The molecule has 0 amide bonds. The quantitative estimate of drug-likeness (QED) is 0.550. The van der Waals surface area contributed by atoms with Gasteiger partial charge in [-0.1, -0.05) is 48.5 Å². The summed E-state index contributed by atoms with van der Waals surface area (Å²) in [5.41, 5.74) is 3.11. The molecule has 5 atom stereocenters. The van der Waals surface area contributed by atoms with Crippen molar-refractivity contribution in [3.8, 4) is 0 Å². The summed E-state index contributed by atoms with van der Waals surface area (Å²) in [4.78, 5) is 0. The van der Waals surface area contributed by atoms with Crippen molar-refractivity contribution in [2.45, 2.75) is 35.4 Å². The summed E-state index contributed by atoms with van der Waals surface area (Å²) >= 11 is 1.24. The highest BCUT2D eigenvalue weighted by atomic mass is 32.2. The molecule has 5 N–H and O–H groups in total. The topological polar surface area (TPSA) is 93.0 Å². The molecule has 5 nitrogen and oxygen atoms in total. The highest BCUT2D eigenvalue weighted by Gasteiger charge is 2.43. The Balaban J connectivity index is 1.78. The lowest BCUT2D eigenvalue weighted by Crippen LogP contribution is -2.56. The van der Waals surface area contributed by atoms with Crippen LogP contribution < -0.4 is 5.32 Å². The van der Waals surface area contributed by atoms with E-state index in [9.17, 15) is 20.4 Å². The predicted molar refractivity (Wildman–Crippen MR) is 99.6 cm³/mol. The average molecular weight is 361 g/mol. The molecule has 0 aliphatic carbocycles. The fraction of sp³-hybridized carbons (Fsp3) is 0.368. The van der Waals surface area contributed by atoms with E-state index in [4.69, 9.17) is 0 Å². The molecule has 0 unspecified atom stereocenters. The van der Waals surface area contributed by atoms with Gasteiger partial charge < -0.3 is 25.7 Å². The molecule has 1 fully saturated rings. The first-order valence-corrected chi connectivity index (χ1v) is 9.23. The van der Waals surface area contributed by atoms with Crippen LogP contribution in [0, 0.1) is 0 Å². The van der Waals surface area contributed by atoms with Gasteiger partial charge in [0, 0.05) is 5.69 Å². The van der Waals surface area contributed by atoms with E-state index in [1.165, 1.54) is 17.3 Å². The summed E-state index contributed by atoms with van der Waals surface area (Å²) < 4.78 is 0. The van der Waals surface area contributed by atoms with Gasteiger partial charge in [-0.25, -0.2) is 0 Å². The summed E-state index contributed by atoms with van der Waals surface area (Å²) in [6.45, 7) is -0.264. The van der Waals surface area contributed by atoms with Gasteiger partial charge in [0.15, 0.2) is 0 Å². The summed E-state index contributed by atoms with van der Waals surface area (Å²) in [7, 11) is 0. The first-order chi connectivity index (χ1) is 12.1. The number of hydrogen-bond donors (Lipinski definition) is 5. The van der Waals surface area contributed by atoms with Gasteiger partial charge in [-0.15, -0.1) is 11.8 Å². The normalized spacial score (nSPS) is 29.4. The Morgan fingerprint density at radius 3 is 2.24 bits per heavy atom. The van der Waals surface area contributed by atoms with E-state index in [1.807, 2.05) is 42.5 Å². The first-order valence-electron chi connectivity index (χ1n) is 8.29. The zero-order valence-corrected chi connectivity index (χ0v) is 14.5. The Labute approximate surface area is 151 Å². The van der Waals surface area contributed by atoms with Crippen LogP contribution in [0.3, 0.4) is 0 Å². The third-order valence-corrected chi connectivity index (χ3v) is 5.91. The summed E-state index contributed by atoms with van der Waals surface area (Å²) in [5.74, 6) is 0. The van der Waals surface area contributed by atoms with Crippen LogP contribution in [0.2, 0.25) is 0 Å². The fourth-order valence-corrected chi connectivity index (χ4v) is 4.31. The predicted octanol–water partition coefficient (Wildman–Crippen LogP) is 1.21. The van der Waals surface area contributed by atoms with E-state index >= 15 is 0 Å². The van der Waals surface area contributed by atoms with Crippen LogP contribution in [0.1, 0.15) is 11.1 Å². The maximum atomic E-state index is 10.3. The molecular formula is C19H23NO4S. The van der Waals surface area contributed by atoms with E-state index < -0.39 is 28.9 Å². The largest absolute Gasteiger partial charge is 0.395 e. The number of nitrogens with one attached hydrogen (secondary N) is 1. The zero-order chi connectivity index (χ0) is 17.8. The highest BCUT2D eigenvalue weighted by molar-refractivity contribution is 8.00. The molecule has 1 aliphatic heterocycles. The van der Waals surface area contributed by atoms with Crippen LogP contribution >= 0.6 is 11.8 Å². The molecule has 134 valence electrons. The molecule has 2 aromatic carbocycles. The summed E-state index contributed by atoms with van der Waals surface area (Å²) in [6.07, 6.45) is -2.83. The summed E-state index contributed by atoms with van der Waals surface area (Å²) in [6, 6.07) is 17.9. The second-order valence-corrected chi connectivity index (χ2v) is 7.60. The Bertz CT molecular complexity index is 682. The van der Waals surface area contributed by atoms with E-state index in [1.54, 1.807) is 0 Å². The number of anilines is 1. The Hall–Kier alpha value is -1.57. The molecule has 1 heterocycles. The van der Waals surface area contributed by atoms with Gasteiger partial charge in [-0.2, -0.15) is 0 Å². The monoisotopic (exact) mass is 361 g/mol. The molecule has 2 aromatic rings. The van der Waals surface area contributed by atoms with E-state index in [-0.39, 0.29) is 6.61 Å². The van der Waals surface area contributed by atoms with Gasteiger partial charge >= 0.3 is 0 Å². The minimum absolute atomic E-state index is 0.264. The minimum Gasteiger partial charge on any atom is -0.395 e. The number of aliphatic hydroxyl groups is 4. The van der Waals surface area contributed by atoms with Crippen LogP contribution in [-0.4, -0.2) is 56.0 Å². The maximum Gasteiger partial charge on any atom is 0.112 e. The van der Waals surface area contributed by atoms with Crippen molar-refractivity contribution < 1.29 is 20.4 Å². The summed E-state index contributed by atoms with van der Waals surface area (Å²) in [5, 5.41) is 41.8. The van der Waals surface area contributed by atoms with Gasteiger partial charge in [0.2, 0.25) is 0 Å². The molecule has 1 aliphatic rings. The third-order valence-electron chi connectivity index (χ3n) is 4.44. The number of para-hydroxylation sites is 1. The molecule has 0 aromatic heterocycles. The number of hydrogen-bond acceptors (Lipinski definition) is 6. The minimum atomic E-state index is -1.29. The molecule has 6 heteroatoms. The van der Waals surface area contributed by atoms with Gasteiger partial charge in [-0.3, -0.25) is 0 Å². The SMILES string of the molecule is OC[C@H]1S[C@@H](Nc2ccccc2Cc2ccccc2)[C@H](O)[C@@H](O)[C@@H]1O. The van der Waals surface area contributed by atoms with E-state index in [0.29, 0.717) is 0 Å². The maximum absolute atomic E-state index is 10.3. The second kappa shape index (κ2) is 8.21. The van der Waals surface area contributed by atoms with Gasteiger partial charge in [0.05, 0.1) is 18.0 Å². The van der Waals surface area contributed by atoms with Crippen molar-refractivity contribution in [1.29, 1.82) is 0 Å². The molecule has 0 spiro atoms. The lowest BCUT2D eigenvalue weighted by Gasteiger charge is -2.40. The van der Waals surface area contributed by atoms with Crippen molar-refractivity contribution >= 4 is 17.4 Å². The zero-order valence-electron chi connectivity index (χ0n) is 13.7. The first kappa shape index (κ1) is 18.2. The Morgan fingerprint density at radius 1 is 0.840 bits per heavy atom.